The Morgan fingerprint density at radius 1 is 1.44 bits per heavy atom. The summed E-state index contributed by atoms with van der Waals surface area (Å²) in [6.45, 7) is 0.264. The van der Waals surface area contributed by atoms with Crippen molar-refractivity contribution in [3.8, 4) is 15.6 Å². The van der Waals surface area contributed by atoms with Crippen LogP contribution in [0.1, 0.15) is 5.69 Å². The smallest absolute Gasteiger partial charge is 0.418 e. The first-order valence-corrected chi connectivity index (χ1v) is 5.55. The molecule has 2 aromatic rings. The van der Waals surface area contributed by atoms with Gasteiger partial charge in [0.05, 0.1) is 10.6 Å². The Kier molecular flexibility index (Phi) is 3.12. The van der Waals surface area contributed by atoms with E-state index in [1.165, 1.54) is 13.1 Å². The van der Waals surface area contributed by atoms with Crippen LogP contribution < -0.4 is 4.74 Å². The minimum absolute atomic E-state index is 0.264. The second-order valence-electron chi connectivity index (χ2n) is 3.37. The van der Waals surface area contributed by atoms with Gasteiger partial charge in [-0.2, -0.15) is 18.3 Å². The molecule has 0 unspecified atom stereocenters. The van der Waals surface area contributed by atoms with Crippen LogP contribution in [0.25, 0.3) is 10.6 Å². The number of nitrogens with zero attached hydrogens (tertiary/aromatic N) is 2. The summed E-state index contributed by atoms with van der Waals surface area (Å²) in [6.07, 6.45) is -4.48. The Labute approximate surface area is 104 Å². The zero-order chi connectivity index (χ0) is 13.3. The highest BCUT2D eigenvalue weighted by molar-refractivity contribution is 7.17. The van der Waals surface area contributed by atoms with Gasteiger partial charge in [0.25, 0.3) is 6.47 Å². The summed E-state index contributed by atoms with van der Waals surface area (Å²) < 4.78 is 43.2. The predicted octanol–water partition coefficient (Wildman–Crippen LogP) is 2.70. The molecular formula is C10H7F3N2O2S. The average molecular weight is 276 g/mol. The SMILES string of the molecule is Cn1nc(C(F)(F)F)cc1-c1ccc(OC=O)s1. The Bertz CT molecular complexity index is 574. The van der Waals surface area contributed by atoms with Gasteiger partial charge in [-0.05, 0) is 18.2 Å². The van der Waals surface area contributed by atoms with Gasteiger partial charge in [0.1, 0.15) is 0 Å². The van der Waals surface area contributed by atoms with Gasteiger partial charge in [-0.1, -0.05) is 11.3 Å². The van der Waals surface area contributed by atoms with Crippen LogP contribution >= 0.6 is 11.3 Å². The van der Waals surface area contributed by atoms with Crippen molar-refractivity contribution in [2.75, 3.05) is 0 Å². The van der Waals surface area contributed by atoms with Crippen molar-refractivity contribution >= 4 is 17.8 Å². The molecule has 18 heavy (non-hydrogen) atoms. The maximum absolute atomic E-state index is 12.5. The molecule has 0 bridgehead atoms. The minimum atomic E-state index is -4.48. The fraction of sp³-hybridized carbons (Fsp3) is 0.200. The molecular weight excluding hydrogens is 269 g/mol. The number of ether oxygens (including phenoxy) is 1. The number of alkyl halides is 3. The van der Waals surface area contributed by atoms with Gasteiger partial charge in [-0.3, -0.25) is 9.48 Å². The molecule has 0 aliphatic heterocycles. The number of carbonyl (C=O) groups is 1. The first kappa shape index (κ1) is 12.6. The normalized spacial score (nSPS) is 11.6. The monoisotopic (exact) mass is 276 g/mol. The number of hydrogen-bond donors (Lipinski definition) is 0. The summed E-state index contributed by atoms with van der Waals surface area (Å²) in [6, 6.07) is 4.03. The minimum Gasteiger partial charge on any atom is -0.418 e. The molecule has 2 heterocycles. The molecule has 0 saturated heterocycles. The lowest BCUT2D eigenvalue weighted by Gasteiger charge is -1.98. The molecule has 0 fully saturated rings. The van der Waals surface area contributed by atoms with Crippen LogP contribution in [0.2, 0.25) is 0 Å². The molecule has 0 saturated carbocycles. The molecule has 0 radical (unpaired) electrons. The van der Waals surface area contributed by atoms with Crippen LogP contribution in [0, 0.1) is 0 Å². The number of aryl methyl sites for hydroxylation is 1. The number of halogens is 3. The number of carbonyl (C=O) groups excluding carboxylic acids is 1. The molecule has 0 aliphatic carbocycles. The second kappa shape index (κ2) is 4.45. The van der Waals surface area contributed by atoms with Gasteiger partial charge < -0.3 is 4.74 Å². The van der Waals surface area contributed by atoms with E-state index in [0.29, 0.717) is 15.6 Å². The van der Waals surface area contributed by atoms with Crippen molar-refractivity contribution in [3.05, 3.63) is 23.9 Å². The van der Waals surface area contributed by atoms with E-state index in [2.05, 4.69) is 9.84 Å². The van der Waals surface area contributed by atoms with Crippen LogP contribution in [-0.2, 0) is 18.0 Å². The van der Waals surface area contributed by atoms with Gasteiger partial charge >= 0.3 is 6.18 Å². The Hall–Kier alpha value is -1.83. The fourth-order valence-electron chi connectivity index (χ4n) is 1.40. The lowest BCUT2D eigenvalue weighted by molar-refractivity contribution is -0.141. The van der Waals surface area contributed by atoms with Gasteiger partial charge in [0.2, 0.25) is 0 Å². The van der Waals surface area contributed by atoms with Crippen LogP contribution in [-0.4, -0.2) is 16.3 Å². The molecule has 0 spiro atoms. The van der Waals surface area contributed by atoms with Crippen molar-refractivity contribution in [1.82, 2.24) is 9.78 Å². The molecule has 4 nitrogen and oxygen atoms in total. The largest absolute Gasteiger partial charge is 0.435 e. The van der Waals surface area contributed by atoms with E-state index in [4.69, 9.17) is 0 Å². The number of thiophene rings is 1. The van der Waals surface area contributed by atoms with Crippen LogP contribution in [0.3, 0.4) is 0 Å². The Balaban J connectivity index is 2.38. The van der Waals surface area contributed by atoms with E-state index in [1.807, 2.05) is 0 Å². The standard InChI is InChI=1S/C10H7F3N2O2S/c1-15-6(4-8(14-15)10(11,12)13)7-2-3-9(18-7)17-5-16/h2-5H,1H3. The van der Waals surface area contributed by atoms with Crippen molar-refractivity contribution in [2.24, 2.45) is 7.05 Å². The summed E-state index contributed by atoms with van der Waals surface area (Å²) in [7, 11) is 1.42. The molecule has 0 amide bonds. The molecule has 0 N–H and O–H groups in total. The van der Waals surface area contributed by atoms with Crippen LogP contribution in [0.15, 0.2) is 18.2 Å². The lowest BCUT2D eigenvalue weighted by atomic mass is 10.3. The molecule has 2 rings (SSSR count). The van der Waals surface area contributed by atoms with Crippen LogP contribution in [0.4, 0.5) is 13.2 Å². The van der Waals surface area contributed by atoms with Crippen molar-refractivity contribution in [1.29, 1.82) is 0 Å². The highest BCUT2D eigenvalue weighted by atomic mass is 32.1. The molecule has 0 aliphatic rings. The average Bonchev–Trinajstić information content (AvgIpc) is 2.84. The molecule has 2 aromatic heterocycles. The van der Waals surface area contributed by atoms with E-state index in [-0.39, 0.29) is 6.47 Å². The molecule has 96 valence electrons. The Morgan fingerprint density at radius 3 is 2.72 bits per heavy atom. The summed E-state index contributed by atoms with van der Waals surface area (Å²) in [5.41, 5.74) is -0.640. The van der Waals surface area contributed by atoms with E-state index in [0.717, 1.165) is 22.1 Å². The maximum Gasteiger partial charge on any atom is 0.435 e. The third kappa shape index (κ3) is 2.37. The summed E-state index contributed by atoms with van der Waals surface area (Å²) in [5, 5.41) is 3.72. The van der Waals surface area contributed by atoms with E-state index >= 15 is 0 Å². The zero-order valence-electron chi connectivity index (χ0n) is 9.06. The Morgan fingerprint density at radius 2 is 2.17 bits per heavy atom. The van der Waals surface area contributed by atoms with Gasteiger partial charge in [-0.25, -0.2) is 0 Å². The van der Waals surface area contributed by atoms with Gasteiger partial charge in [0.15, 0.2) is 10.8 Å². The van der Waals surface area contributed by atoms with Gasteiger partial charge in [0, 0.05) is 7.05 Å². The van der Waals surface area contributed by atoms with E-state index < -0.39 is 11.9 Å². The summed E-state index contributed by atoms with van der Waals surface area (Å²) in [5.74, 6) is 0. The predicted molar refractivity (Wildman–Crippen MR) is 58.2 cm³/mol. The summed E-state index contributed by atoms with van der Waals surface area (Å²) >= 11 is 1.07. The number of rotatable bonds is 3. The third-order valence-corrected chi connectivity index (χ3v) is 3.17. The number of hydrogen-bond acceptors (Lipinski definition) is 4. The summed E-state index contributed by atoms with van der Waals surface area (Å²) in [4.78, 5) is 10.7. The maximum atomic E-state index is 12.5. The zero-order valence-corrected chi connectivity index (χ0v) is 9.88. The highest BCUT2D eigenvalue weighted by Crippen LogP contribution is 2.36. The van der Waals surface area contributed by atoms with Crippen LogP contribution in [0.5, 0.6) is 5.06 Å². The molecule has 0 atom stereocenters. The third-order valence-electron chi connectivity index (χ3n) is 2.17. The quantitative estimate of drug-likeness (QED) is 0.810. The second-order valence-corrected chi connectivity index (χ2v) is 4.42. The fourth-order valence-corrected chi connectivity index (χ4v) is 2.28. The van der Waals surface area contributed by atoms with Crippen molar-refractivity contribution in [3.63, 3.8) is 0 Å². The van der Waals surface area contributed by atoms with Crippen molar-refractivity contribution < 1.29 is 22.7 Å². The van der Waals surface area contributed by atoms with E-state index in [9.17, 15) is 18.0 Å². The first-order valence-electron chi connectivity index (χ1n) is 4.73. The van der Waals surface area contributed by atoms with Crippen molar-refractivity contribution in [2.45, 2.75) is 6.18 Å². The van der Waals surface area contributed by atoms with Gasteiger partial charge in [-0.15, -0.1) is 0 Å². The molecule has 8 heteroatoms. The lowest BCUT2D eigenvalue weighted by Crippen LogP contribution is -2.06. The van der Waals surface area contributed by atoms with E-state index in [1.54, 1.807) is 6.07 Å². The number of aromatic nitrogens is 2. The highest BCUT2D eigenvalue weighted by Gasteiger charge is 2.34. The first-order chi connectivity index (χ1) is 8.41. The topological polar surface area (TPSA) is 44.1 Å². The molecule has 0 aromatic carbocycles.